The molecule has 2 amide bonds. The molecule has 0 radical (unpaired) electrons. The highest BCUT2D eigenvalue weighted by Crippen LogP contribution is 2.32. The molecular formula is C16H17N3OS. The Morgan fingerprint density at radius 3 is 2.48 bits per heavy atom. The Morgan fingerprint density at radius 2 is 1.90 bits per heavy atom. The highest BCUT2D eigenvalue weighted by atomic mass is 32.1. The van der Waals surface area contributed by atoms with E-state index in [1.165, 1.54) is 11.3 Å². The SMILES string of the molecule is CCc1c(C)sc(NC(=O)Nc2ccc(C)cc2)c1C#N. The van der Waals surface area contributed by atoms with Crippen molar-refractivity contribution >= 4 is 28.1 Å². The number of carbonyl (C=O) groups excluding carboxylic acids is 1. The lowest BCUT2D eigenvalue weighted by Crippen LogP contribution is -2.19. The van der Waals surface area contributed by atoms with Crippen LogP contribution < -0.4 is 10.6 Å². The second kappa shape index (κ2) is 6.42. The third-order valence-electron chi connectivity index (χ3n) is 3.21. The minimum absolute atomic E-state index is 0.334. The Balaban J connectivity index is 2.13. The lowest BCUT2D eigenvalue weighted by Gasteiger charge is -2.06. The van der Waals surface area contributed by atoms with Gasteiger partial charge < -0.3 is 5.32 Å². The van der Waals surface area contributed by atoms with Crippen LogP contribution in [0.25, 0.3) is 0 Å². The van der Waals surface area contributed by atoms with Gasteiger partial charge in [0, 0.05) is 10.6 Å². The quantitative estimate of drug-likeness (QED) is 0.879. The maximum Gasteiger partial charge on any atom is 0.324 e. The van der Waals surface area contributed by atoms with Crippen LogP contribution in [0.1, 0.15) is 28.5 Å². The minimum Gasteiger partial charge on any atom is -0.308 e. The summed E-state index contributed by atoms with van der Waals surface area (Å²) in [6, 6.07) is 9.40. The third kappa shape index (κ3) is 3.41. The molecule has 0 aliphatic rings. The first-order chi connectivity index (χ1) is 10.0. The number of anilines is 2. The Bertz CT molecular complexity index is 696. The summed E-state index contributed by atoms with van der Waals surface area (Å²) < 4.78 is 0. The molecule has 0 bridgehead atoms. The van der Waals surface area contributed by atoms with Gasteiger partial charge in [-0.15, -0.1) is 11.3 Å². The number of urea groups is 1. The van der Waals surface area contributed by atoms with E-state index in [-0.39, 0.29) is 6.03 Å². The lowest BCUT2D eigenvalue weighted by atomic mass is 10.1. The molecule has 1 heterocycles. The molecule has 0 fully saturated rings. The van der Waals surface area contributed by atoms with Gasteiger partial charge in [-0.1, -0.05) is 24.6 Å². The van der Waals surface area contributed by atoms with E-state index in [0.29, 0.717) is 10.6 Å². The number of hydrogen-bond acceptors (Lipinski definition) is 3. The van der Waals surface area contributed by atoms with E-state index in [4.69, 9.17) is 0 Å². The summed E-state index contributed by atoms with van der Waals surface area (Å²) in [5, 5.41) is 15.4. The summed E-state index contributed by atoms with van der Waals surface area (Å²) in [4.78, 5) is 13.1. The molecule has 1 aromatic carbocycles. The van der Waals surface area contributed by atoms with Crippen LogP contribution in [0.4, 0.5) is 15.5 Å². The summed E-state index contributed by atoms with van der Waals surface area (Å²) in [6.45, 7) is 5.96. The fourth-order valence-corrected chi connectivity index (χ4v) is 3.20. The summed E-state index contributed by atoms with van der Waals surface area (Å²) in [7, 11) is 0. The number of nitrogens with zero attached hydrogens (tertiary/aromatic N) is 1. The van der Waals surface area contributed by atoms with Crippen LogP contribution in [0.15, 0.2) is 24.3 Å². The standard InChI is InChI=1S/C16H17N3OS/c1-4-13-11(3)21-15(14(13)9-17)19-16(20)18-12-7-5-10(2)6-8-12/h5-8H,4H2,1-3H3,(H2,18,19,20). The van der Waals surface area contributed by atoms with Crippen LogP contribution >= 0.6 is 11.3 Å². The summed E-state index contributed by atoms with van der Waals surface area (Å²) in [5.41, 5.74) is 3.43. The number of thiophene rings is 1. The third-order valence-corrected chi connectivity index (χ3v) is 4.27. The van der Waals surface area contributed by atoms with Crippen LogP contribution in [-0.4, -0.2) is 6.03 Å². The smallest absolute Gasteiger partial charge is 0.308 e. The van der Waals surface area contributed by atoms with Crippen molar-refractivity contribution in [3.63, 3.8) is 0 Å². The average molecular weight is 299 g/mol. The van der Waals surface area contributed by atoms with Crippen molar-refractivity contribution in [1.82, 2.24) is 0 Å². The molecule has 0 unspecified atom stereocenters. The number of nitrogens with one attached hydrogen (secondary N) is 2. The monoisotopic (exact) mass is 299 g/mol. The molecule has 5 heteroatoms. The molecule has 0 aliphatic carbocycles. The van der Waals surface area contributed by atoms with Gasteiger partial charge in [-0.25, -0.2) is 4.79 Å². The normalized spacial score (nSPS) is 10.0. The molecule has 0 spiro atoms. The second-order valence-corrected chi connectivity index (χ2v) is 5.98. The molecule has 21 heavy (non-hydrogen) atoms. The Kier molecular flexibility index (Phi) is 4.61. The fourth-order valence-electron chi connectivity index (χ4n) is 2.11. The van der Waals surface area contributed by atoms with Crippen LogP contribution in [0, 0.1) is 25.2 Å². The molecule has 2 aromatic rings. The van der Waals surface area contributed by atoms with Crippen LogP contribution in [-0.2, 0) is 6.42 Å². The molecule has 1 aromatic heterocycles. The van der Waals surface area contributed by atoms with Crippen molar-refractivity contribution < 1.29 is 4.79 Å². The summed E-state index contributed by atoms with van der Waals surface area (Å²) >= 11 is 1.44. The highest BCUT2D eigenvalue weighted by Gasteiger charge is 2.16. The summed E-state index contributed by atoms with van der Waals surface area (Å²) in [6.07, 6.45) is 0.784. The molecule has 0 aliphatic heterocycles. The van der Waals surface area contributed by atoms with Crippen molar-refractivity contribution in [2.24, 2.45) is 0 Å². The Hall–Kier alpha value is -2.32. The van der Waals surface area contributed by atoms with Crippen molar-refractivity contribution in [3.8, 4) is 6.07 Å². The van der Waals surface area contributed by atoms with Crippen LogP contribution in [0.5, 0.6) is 0 Å². The van der Waals surface area contributed by atoms with Crippen molar-refractivity contribution in [2.75, 3.05) is 10.6 Å². The lowest BCUT2D eigenvalue weighted by molar-refractivity contribution is 0.262. The molecule has 4 nitrogen and oxygen atoms in total. The van der Waals surface area contributed by atoms with E-state index in [2.05, 4.69) is 16.7 Å². The number of aryl methyl sites for hydroxylation is 2. The number of hydrogen-bond donors (Lipinski definition) is 2. The molecule has 0 atom stereocenters. The van der Waals surface area contributed by atoms with Gasteiger partial charge in [-0.3, -0.25) is 5.32 Å². The minimum atomic E-state index is -0.334. The van der Waals surface area contributed by atoms with Crippen molar-refractivity contribution in [1.29, 1.82) is 5.26 Å². The van der Waals surface area contributed by atoms with Crippen molar-refractivity contribution in [3.05, 3.63) is 45.8 Å². The molecule has 2 rings (SSSR count). The second-order valence-electron chi connectivity index (χ2n) is 4.75. The zero-order valence-corrected chi connectivity index (χ0v) is 13.1. The van der Waals surface area contributed by atoms with E-state index in [9.17, 15) is 10.1 Å². The van der Waals surface area contributed by atoms with Gasteiger partial charge in [0.15, 0.2) is 0 Å². The topological polar surface area (TPSA) is 64.9 Å². The molecule has 2 N–H and O–H groups in total. The average Bonchev–Trinajstić information content (AvgIpc) is 2.75. The fraction of sp³-hybridized carbons (Fsp3) is 0.250. The number of carbonyl (C=O) groups is 1. The predicted molar refractivity (Wildman–Crippen MR) is 87.0 cm³/mol. The van der Waals surface area contributed by atoms with Gasteiger partial charge >= 0.3 is 6.03 Å². The van der Waals surface area contributed by atoms with Gasteiger partial charge in [0.05, 0.1) is 5.56 Å². The van der Waals surface area contributed by atoms with E-state index in [1.54, 1.807) is 0 Å². The van der Waals surface area contributed by atoms with Crippen molar-refractivity contribution in [2.45, 2.75) is 27.2 Å². The maximum atomic E-state index is 12.0. The maximum absolute atomic E-state index is 12.0. The molecule has 0 saturated heterocycles. The number of amides is 2. The van der Waals surface area contributed by atoms with E-state index in [0.717, 1.165) is 28.1 Å². The van der Waals surface area contributed by atoms with E-state index < -0.39 is 0 Å². The van der Waals surface area contributed by atoms with Crippen LogP contribution in [0.3, 0.4) is 0 Å². The zero-order chi connectivity index (χ0) is 15.4. The Labute approximate surface area is 128 Å². The predicted octanol–water partition coefficient (Wildman–Crippen LogP) is 4.44. The van der Waals surface area contributed by atoms with Gasteiger partial charge in [-0.05, 0) is 38.0 Å². The zero-order valence-electron chi connectivity index (χ0n) is 12.3. The van der Waals surface area contributed by atoms with Crippen LogP contribution in [0.2, 0.25) is 0 Å². The largest absolute Gasteiger partial charge is 0.324 e. The molecule has 108 valence electrons. The number of benzene rings is 1. The van der Waals surface area contributed by atoms with Gasteiger partial charge in [0.2, 0.25) is 0 Å². The van der Waals surface area contributed by atoms with Gasteiger partial charge in [-0.2, -0.15) is 5.26 Å². The number of rotatable bonds is 3. The first kappa shape index (κ1) is 15.1. The van der Waals surface area contributed by atoms with E-state index in [1.807, 2.05) is 45.0 Å². The molecular weight excluding hydrogens is 282 g/mol. The van der Waals surface area contributed by atoms with E-state index >= 15 is 0 Å². The van der Waals surface area contributed by atoms with Gasteiger partial charge in [0.25, 0.3) is 0 Å². The first-order valence-corrected chi connectivity index (χ1v) is 7.53. The first-order valence-electron chi connectivity index (χ1n) is 6.72. The highest BCUT2D eigenvalue weighted by molar-refractivity contribution is 7.16. The summed E-state index contributed by atoms with van der Waals surface area (Å²) in [5.74, 6) is 0. The van der Waals surface area contributed by atoms with Gasteiger partial charge in [0.1, 0.15) is 11.1 Å². The number of nitriles is 1. The molecule has 0 saturated carbocycles. The Morgan fingerprint density at radius 1 is 1.24 bits per heavy atom.